The zero-order valence-electron chi connectivity index (χ0n) is 11.6. The van der Waals surface area contributed by atoms with Crippen molar-refractivity contribution in [1.82, 2.24) is 10.3 Å². The van der Waals surface area contributed by atoms with Gasteiger partial charge in [0.05, 0.1) is 18.8 Å². The van der Waals surface area contributed by atoms with Crippen molar-refractivity contribution in [3.05, 3.63) is 35.4 Å². The first-order valence-corrected chi connectivity index (χ1v) is 6.88. The molecule has 112 valence electrons. The van der Waals surface area contributed by atoms with Crippen molar-refractivity contribution in [1.29, 1.82) is 0 Å². The van der Waals surface area contributed by atoms with Crippen LogP contribution in [0.4, 0.5) is 8.78 Å². The molecule has 0 radical (unpaired) electrons. The zero-order chi connectivity index (χ0) is 14.5. The van der Waals surface area contributed by atoms with Crippen LogP contribution in [-0.4, -0.2) is 43.3 Å². The van der Waals surface area contributed by atoms with Gasteiger partial charge in [0, 0.05) is 18.7 Å². The highest BCUT2D eigenvalue weighted by atomic mass is 19.1. The van der Waals surface area contributed by atoms with Gasteiger partial charge in [-0.15, -0.1) is 0 Å². The van der Waals surface area contributed by atoms with E-state index >= 15 is 0 Å². The number of hydrogen-bond acceptors (Lipinski definition) is 4. The van der Waals surface area contributed by atoms with Gasteiger partial charge in [0.2, 0.25) is 0 Å². The molecule has 2 rings (SSSR count). The summed E-state index contributed by atoms with van der Waals surface area (Å²) in [6, 6.07) is 3.54. The molecule has 1 aliphatic heterocycles. The Balaban J connectivity index is 2.08. The smallest absolute Gasteiger partial charge is 0.129 e. The van der Waals surface area contributed by atoms with Crippen LogP contribution in [0, 0.1) is 11.6 Å². The summed E-state index contributed by atoms with van der Waals surface area (Å²) in [5.41, 5.74) is 2.68. The van der Waals surface area contributed by atoms with Gasteiger partial charge in [0.1, 0.15) is 11.6 Å². The molecule has 0 saturated carbocycles. The molecular formula is C14H21F2N3O. The lowest BCUT2D eigenvalue weighted by Gasteiger charge is -2.36. The Morgan fingerprint density at radius 2 is 2.15 bits per heavy atom. The highest BCUT2D eigenvalue weighted by Gasteiger charge is 2.28. The number of nitrogens with two attached hydrogens (primary N) is 1. The number of morpholine rings is 1. The fourth-order valence-electron chi connectivity index (χ4n) is 2.51. The molecule has 2 unspecified atom stereocenters. The van der Waals surface area contributed by atoms with E-state index in [2.05, 4.69) is 17.2 Å². The summed E-state index contributed by atoms with van der Waals surface area (Å²) < 4.78 is 33.1. The van der Waals surface area contributed by atoms with E-state index in [-0.39, 0.29) is 24.1 Å². The maximum absolute atomic E-state index is 13.7. The molecule has 1 fully saturated rings. The van der Waals surface area contributed by atoms with Crippen LogP contribution in [0.15, 0.2) is 18.2 Å². The molecule has 20 heavy (non-hydrogen) atoms. The van der Waals surface area contributed by atoms with Gasteiger partial charge in [-0.2, -0.15) is 0 Å². The topological polar surface area (TPSA) is 50.5 Å². The predicted octanol–water partition coefficient (Wildman–Crippen LogP) is 1.06. The summed E-state index contributed by atoms with van der Waals surface area (Å²) >= 11 is 0. The van der Waals surface area contributed by atoms with E-state index in [4.69, 9.17) is 10.6 Å². The summed E-state index contributed by atoms with van der Waals surface area (Å²) in [6.45, 7) is 5.19. The number of nitrogens with zero attached hydrogens (tertiary/aromatic N) is 1. The van der Waals surface area contributed by atoms with Gasteiger partial charge < -0.3 is 4.74 Å². The molecule has 1 aromatic carbocycles. The Hall–Kier alpha value is -1.08. The number of hydrogen-bond donors (Lipinski definition) is 2. The third-order valence-corrected chi connectivity index (χ3v) is 3.77. The van der Waals surface area contributed by atoms with Crippen molar-refractivity contribution in [2.45, 2.75) is 25.5 Å². The van der Waals surface area contributed by atoms with E-state index in [1.807, 2.05) is 0 Å². The Morgan fingerprint density at radius 1 is 1.45 bits per heavy atom. The first kappa shape index (κ1) is 15.3. The molecule has 0 amide bonds. The predicted molar refractivity (Wildman–Crippen MR) is 73.0 cm³/mol. The van der Waals surface area contributed by atoms with Gasteiger partial charge >= 0.3 is 0 Å². The number of halogens is 2. The van der Waals surface area contributed by atoms with Crippen LogP contribution in [-0.2, 0) is 11.2 Å². The Morgan fingerprint density at radius 3 is 2.75 bits per heavy atom. The maximum atomic E-state index is 13.7. The summed E-state index contributed by atoms with van der Waals surface area (Å²) in [5, 5.41) is 0. The second-order valence-electron chi connectivity index (χ2n) is 4.98. The number of nitrogens with one attached hydrogen (secondary N) is 1. The number of hydrazine groups is 1. The van der Waals surface area contributed by atoms with Gasteiger partial charge in [-0.3, -0.25) is 16.2 Å². The summed E-state index contributed by atoms with van der Waals surface area (Å²) in [7, 11) is 0. The zero-order valence-corrected chi connectivity index (χ0v) is 11.6. The summed E-state index contributed by atoms with van der Waals surface area (Å²) in [4.78, 5) is 2.23. The second kappa shape index (κ2) is 7.08. The van der Waals surface area contributed by atoms with Crippen LogP contribution in [0.5, 0.6) is 0 Å². The Labute approximate surface area is 117 Å². The standard InChI is InChI=1S/C14H21F2N3O/c1-2-19-6-7-20-14(9-19)13(18-17)8-10-11(15)4-3-5-12(10)16/h3-5,13-14,18H,2,6-9,17H2,1H3. The van der Waals surface area contributed by atoms with E-state index in [9.17, 15) is 8.78 Å². The van der Waals surface area contributed by atoms with E-state index in [0.717, 1.165) is 13.1 Å². The van der Waals surface area contributed by atoms with E-state index < -0.39 is 11.6 Å². The minimum absolute atomic E-state index is 0.0488. The molecule has 1 aliphatic rings. The normalized spacial score (nSPS) is 21.9. The largest absolute Gasteiger partial charge is 0.374 e. The van der Waals surface area contributed by atoms with E-state index in [1.165, 1.54) is 18.2 Å². The summed E-state index contributed by atoms with van der Waals surface area (Å²) in [6.07, 6.45) is -0.00950. The van der Waals surface area contributed by atoms with Gasteiger partial charge in [0.15, 0.2) is 0 Å². The minimum atomic E-state index is -0.548. The SMILES string of the molecule is CCN1CCOC(C(Cc2c(F)cccc2F)NN)C1. The monoisotopic (exact) mass is 285 g/mol. The molecule has 0 bridgehead atoms. The van der Waals surface area contributed by atoms with Crippen molar-refractivity contribution < 1.29 is 13.5 Å². The van der Waals surface area contributed by atoms with Crippen molar-refractivity contribution in [2.24, 2.45) is 5.84 Å². The second-order valence-corrected chi connectivity index (χ2v) is 4.98. The highest BCUT2D eigenvalue weighted by molar-refractivity contribution is 5.21. The van der Waals surface area contributed by atoms with Crippen molar-refractivity contribution in [3.8, 4) is 0 Å². The van der Waals surface area contributed by atoms with Crippen LogP contribution < -0.4 is 11.3 Å². The van der Waals surface area contributed by atoms with Crippen LogP contribution in [0.3, 0.4) is 0 Å². The lowest BCUT2D eigenvalue weighted by atomic mass is 9.99. The average molecular weight is 285 g/mol. The van der Waals surface area contributed by atoms with Crippen LogP contribution in [0.2, 0.25) is 0 Å². The lowest BCUT2D eigenvalue weighted by Crippen LogP contribution is -2.54. The molecule has 1 saturated heterocycles. The maximum Gasteiger partial charge on any atom is 0.129 e. The number of rotatable bonds is 5. The highest BCUT2D eigenvalue weighted by Crippen LogP contribution is 2.18. The average Bonchev–Trinajstić information content (AvgIpc) is 2.47. The molecule has 1 heterocycles. The minimum Gasteiger partial charge on any atom is -0.374 e. The van der Waals surface area contributed by atoms with Crippen LogP contribution in [0.25, 0.3) is 0 Å². The van der Waals surface area contributed by atoms with E-state index in [0.29, 0.717) is 13.2 Å². The Kier molecular flexibility index (Phi) is 5.42. The fourth-order valence-corrected chi connectivity index (χ4v) is 2.51. The van der Waals surface area contributed by atoms with Gasteiger partial charge in [-0.05, 0) is 25.1 Å². The molecule has 6 heteroatoms. The van der Waals surface area contributed by atoms with Crippen LogP contribution in [0.1, 0.15) is 12.5 Å². The van der Waals surface area contributed by atoms with Crippen molar-refractivity contribution in [3.63, 3.8) is 0 Å². The van der Waals surface area contributed by atoms with Crippen LogP contribution >= 0.6 is 0 Å². The molecule has 2 atom stereocenters. The number of ether oxygens (including phenoxy) is 1. The molecule has 0 aliphatic carbocycles. The number of likely N-dealkylation sites (N-methyl/N-ethyl adjacent to an activating group) is 1. The molecule has 3 N–H and O–H groups in total. The van der Waals surface area contributed by atoms with E-state index in [1.54, 1.807) is 0 Å². The third-order valence-electron chi connectivity index (χ3n) is 3.77. The van der Waals surface area contributed by atoms with Crippen molar-refractivity contribution >= 4 is 0 Å². The van der Waals surface area contributed by atoms with Gasteiger partial charge in [-0.25, -0.2) is 8.78 Å². The molecule has 0 aromatic heterocycles. The first-order valence-electron chi connectivity index (χ1n) is 6.88. The Bertz CT molecular complexity index is 424. The first-order chi connectivity index (χ1) is 9.65. The third kappa shape index (κ3) is 3.52. The molecule has 1 aromatic rings. The van der Waals surface area contributed by atoms with Gasteiger partial charge in [0.25, 0.3) is 0 Å². The quantitative estimate of drug-likeness (QED) is 0.627. The number of benzene rings is 1. The molecule has 4 nitrogen and oxygen atoms in total. The fraction of sp³-hybridized carbons (Fsp3) is 0.571. The molecular weight excluding hydrogens is 264 g/mol. The molecule has 0 spiro atoms. The lowest BCUT2D eigenvalue weighted by molar-refractivity contribution is -0.0450. The van der Waals surface area contributed by atoms with Crippen molar-refractivity contribution in [2.75, 3.05) is 26.2 Å². The summed E-state index contributed by atoms with van der Waals surface area (Å²) in [5.74, 6) is 4.45. The van der Waals surface area contributed by atoms with Gasteiger partial charge in [-0.1, -0.05) is 13.0 Å².